The number of amides is 2. The van der Waals surface area contributed by atoms with E-state index in [-0.39, 0.29) is 17.7 Å². The van der Waals surface area contributed by atoms with Crippen molar-refractivity contribution in [3.63, 3.8) is 0 Å². The average molecular weight is 617 g/mol. The van der Waals surface area contributed by atoms with Crippen LogP contribution in [0, 0.1) is 10.8 Å². The van der Waals surface area contributed by atoms with E-state index in [0.29, 0.717) is 49.7 Å². The summed E-state index contributed by atoms with van der Waals surface area (Å²) in [7, 11) is -0.983. The lowest BCUT2D eigenvalue weighted by atomic mass is 9.34. The van der Waals surface area contributed by atoms with Crippen LogP contribution in [0.5, 0.6) is 11.5 Å². The molecule has 0 radical (unpaired) electrons. The lowest BCUT2D eigenvalue weighted by Crippen LogP contribution is -2.72. The number of ether oxygens (including phenoxy) is 1. The Kier molecular flexibility index (Phi) is 6.02. The molecule has 2 N–H and O–H groups in total. The molecule has 1 unspecified atom stereocenters. The molecule has 0 spiro atoms. The summed E-state index contributed by atoms with van der Waals surface area (Å²) < 4.78 is 11.1. The second-order valence-electron chi connectivity index (χ2n) is 12.4. The molecule has 4 aromatic carbocycles. The molecule has 220 valence electrons. The molecule has 8 nitrogen and oxygen atoms in total. The van der Waals surface area contributed by atoms with Crippen molar-refractivity contribution in [3.05, 3.63) is 71.8 Å². The van der Waals surface area contributed by atoms with Gasteiger partial charge in [-0.2, -0.15) is 0 Å². The molecule has 2 bridgehead atoms. The van der Waals surface area contributed by atoms with E-state index in [0.717, 1.165) is 45.0 Å². The number of rotatable bonds is 6. The standard InChI is InChI=1S/C33H30ClN2O6P/c1-41-27-12-25-21(20-6-2-3-7-22(20)27)10-11-35(25)30(37)32-16-33(17-32,18-32)31(38)36-15-19(14-34)29-24-9-5-4-8-23(24)28(13-26(29)36)42-43(39)40/h2-9,12-13,19,39-40H,10-11,14-18H2,1H3. The molecule has 9 rings (SSSR count). The second-order valence-corrected chi connectivity index (χ2v) is 13.4. The van der Waals surface area contributed by atoms with Gasteiger partial charge in [-0.25, -0.2) is 0 Å². The van der Waals surface area contributed by atoms with Crippen molar-refractivity contribution in [2.45, 2.75) is 31.6 Å². The molecule has 3 aliphatic carbocycles. The topological polar surface area (TPSA) is 99.5 Å². The third-order valence-electron chi connectivity index (χ3n) is 10.1. The fourth-order valence-corrected chi connectivity index (χ4v) is 8.90. The number of carbonyl (C=O) groups excluding carboxylic acids is 2. The molecule has 4 aromatic rings. The normalized spacial score (nSPS) is 25.0. The van der Waals surface area contributed by atoms with Crippen molar-refractivity contribution >= 4 is 64.9 Å². The predicted molar refractivity (Wildman–Crippen MR) is 167 cm³/mol. The van der Waals surface area contributed by atoms with E-state index in [9.17, 15) is 19.4 Å². The van der Waals surface area contributed by atoms with E-state index in [1.165, 1.54) is 5.56 Å². The van der Waals surface area contributed by atoms with Crippen LogP contribution in [0.1, 0.15) is 36.3 Å². The van der Waals surface area contributed by atoms with Gasteiger partial charge < -0.3 is 28.8 Å². The molecule has 2 amide bonds. The zero-order valence-corrected chi connectivity index (χ0v) is 25.2. The third-order valence-corrected chi connectivity index (χ3v) is 10.8. The summed E-state index contributed by atoms with van der Waals surface area (Å²) >= 11 is 6.43. The second kappa shape index (κ2) is 9.54. The van der Waals surface area contributed by atoms with Crippen LogP contribution in [0.25, 0.3) is 21.5 Å². The highest BCUT2D eigenvalue weighted by Gasteiger charge is 2.76. The van der Waals surface area contributed by atoms with Crippen LogP contribution in [-0.2, 0) is 16.0 Å². The Hall–Kier alpha value is -3.42. The first-order chi connectivity index (χ1) is 20.8. The van der Waals surface area contributed by atoms with E-state index in [1.807, 2.05) is 53.4 Å². The molecular weight excluding hydrogens is 587 g/mol. The van der Waals surface area contributed by atoms with Gasteiger partial charge >= 0.3 is 8.60 Å². The van der Waals surface area contributed by atoms with Crippen molar-refractivity contribution in [1.82, 2.24) is 0 Å². The van der Waals surface area contributed by atoms with Crippen LogP contribution in [0.15, 0.2) is 60.7 Å². The minimum absolute atomic E-state index is 0.00187. The van der Waals surface area contributed by atoms with Gasteiger partial charge in [-0.3, -0.25) is 9.59 Å². The Morgan fingerprint density at radius 2 is 1.47 bits per heavy atom. The molecule has 1 atom stereocenters. The first kappa shape index (κ1) is 27.2. The number of anilines is 2. The summed E-state index contributed by atoms with van der Waals surface area (Å²) in [5, 5.41) is 3.79. The number of methoxy groups -OCH3 is 1. The number of benzene rings is 4. The summed E-state index contributed by atoms with van der Waals surface area (Å²) in [6.07, 6.45) is 2.38. The molecule has 3 saturated carbocycles. The number of hydrogen-bond donors (Lipinski definition) is 2. The van der Waals surface area contributed by atoms with Crippen LogP contribution in [0.3, 0.4) is 0 Å². The zero-order chi connectivity index (χ0) is 29.7. The van der Waals surface area contributed by atoms with Gasteiger partial charge in [-0.05, 0) is 47.6 Å². The van der Waals surface area contributed by atoms with Gasteiger partial charge in [0.05, 0.1) is 29.3 Å². The first-order valence-corrected chi connectivity index (χ1v) is 16.2. The van der Waals surface area contributed by atoms with E-state index in [1.54, 1.807) is 18.1 Å². The Morgan fingerprint density at radius 3 is 2.09 bits per heavy atom. The third kappa shape index (κ3) is 3.73. The number of carbonyl (C=O) groups is 2. The average Bonchev–Trinajstić information content (AvgIpc) is 3.57. The predicted octanol–water partition coefficient (Wildman–Crippen LogP) is 6.02. The minimum atomic E-state index is -2.64. The van der Waals surface area contributed by atoms with Crippen LogP contribution < -0.4 is 19.1 Å². The number of fused-ring (bicyclic) bond motifs is 6. The van der Waals surface area contributed by atoms with Crippen molar-refractivity contribution in [2.24, 2.45) is 10.8 Å². The molecule has 0 aromatic heterocycles. The monoisotopic (exact) mass is 616 g/mol. The molecule has 2 heterocycles. The molecule has 3 fully saturated rings. The summed E-state index contributed by atoms with van der Waals surface area (Å²) in [5.74, 6) is 1.44. The lowest BCUT2D eigenvalue weighted by Gasteiger charge is -2.69. The van der Waals surface area contributed by atoms with Gasteiger partial charge in [-0.15, -0.1) is 11.6 Å². The molecule has 43 heavy (non-hydrogen) atoms. The van der Waals surface area contributed by atoms with Crippen molar-refractivity contribution < 1.29 is 28.6 Å². The highest BCUT2D eigenvalue weighted by Crippen LogP contribution is 2.75. The van der Waals surface area contributed by atoms with Crippen molar-refractivity contribution in [1.29, 1.82) is 0 Å². The highest BCUT2D eigenvalue weighted by atomic mass is 35.5. The Bertz CT molecular complexity index is 1840. The van der Waals surface area contributed by atoms with Gasteiger partial charge in [0, 0.05) is 47.8 Å². The summed E-state index contributed by atoms with van der Waals surface area (Å²) in [6, 6.07) is 19.4. The number of alkyl halides is 1. The van der Waals surface area contributed by atoms with E-state index in [2.05, 4.69) is 6.07 Å². The lowest BCUT2D eigenvalue weighted by molar-refractivity contribution is -0.204. The van der Waals surface area contributed by atoms with Crippen LogP contribution in [0.2, 0.25) is 0 Å². The smallest absolute Gasteiger partial charge is 0.391 e. The van der Waals surface area contributed by atoms with Crippen molar-refractivity contribution in [3.8, 4) is 11.5 Å². The first-order valence-electron chi connectivity index (χ1n) is 14.5. The quantitative estimate of drug-likeness (QED) is 0.203. The van der Waals surface area contributed by atoms with E-state index >= 15 is 0 Å². The Morgan fingerprint density at radius 1 is 0.884 bits per heavy atom. The maximum atomic E-state index is 14.2. The fourth-order valence-electron chi connectivity index (χ4n) is 8.32. The summed E-state index contributed by atoms with van der Waals surface area (Å²) in [5.41, 5.74) is 2.65. The summed E-state index contributed by atoms with van der Waals surface area (Å²) in [6.45, 7) is 1.06. The van der Waals surface area contributed by atoms with Gasteiger partial charge in [0.1, 0.15) is 11.5 Å². The molecule has 10 heteroatoms. The van der Waals surface area contributed by atoms with Crippen molar-refractivity contribution in [2.75, 3.05) is 35.9 Å². The Balaban J connectivity index is 1.08. The Labute approximate surface area is 254 Å². The number of halogens is 1. The largest absolute Gasteiger partial charge is 0.496 e. The fraction of sp³-hybridized carbons (Fsp3) is 0.333. The van der Waals surface area contributed by atoms with Gasteiger partial charge in [-0.1, -0.05) is 48.5 Å². The summed E-state index contributed by atoms with van der Waals surface area (Å²) in [4.78, 5) is 51.2. The van der Waals surface area contributed by atoms with Gasteiger partial charge in [0.25, 0.3) is 0 Å². The highest BCUT2D eigenvalue weighted by molar-refractivity contribution is 7.39. The van der Waals surface area contributed by atoms with E-state index < -0.39 is 19.4 Å². The SMILES string of the molecule is COc1cc2c(c3ccccc13)CCN2C(=O)C12CC(C(=O)N3CC(CCl)c4c3cc(OP(O)O)c3ccccc43)(C1)C2. The van der Waals surface area contributed by atoms with E-state index in [4.69, 9.17) is 20.9 Å². The van der Waals surface area contributed by atoms with Crippen LogP contribution in [0.4, 0.5) is 11.4 Å². The molecule has 2 aliphatic heterocycles. The zero-order valence-electron chi connectivity index (χ0n) is 23.5. The number of nitrogens with zero attached hydrogens (tertiary/aromatic N) is 2. The van der Waals surface area contributed by atoms with Crippen LogP contribution in [-0.4, -0.2) is 47.7 Å². The molecular formula is C33H30ClN2O6P. The molecule has 0 saturated heterocycles. The minimum Gasteiger partial charge on any atom is -0.496 e. The maximum Gasteiger partial charge on any atom is 0.391 e. The maximum absolute atomic E-state index is 14.2. The molecule has 5 aliphatic rings. The van der Waals surface area contributed by atoms with Gasteiger partial charge in [0.15, 0.2) is 0 Å². The number of hydrogen-bond acceptors (Lipinski definition) is 6. The van der Waals surface area contributed by atoms with Crippen LogP contribution >= 0.6 is 20.2 Å². The van der Waals surface area contributed by atoms with Gasteiger partial charge in [0.2, 0.25) is 11.8 Å².